The molecule has 3 fully saturated rings. The first-order valence-electron chi connectivity index (χ1n) is 9.98. The summed E-state index contributed by atoms with van der Waals surface area (Å²) in [4.78, 5) is 15.7. The van der Waals surface area contributed by atoms with Crippen molar-refractivity contribution in [3.05, 3.63) is 24.4 Å². The molecule has 3 saturated heterocycles. The van der Waals surface area contributed by atoms with E-state index in [4.69, 9.17) is 9.47 Å². The first kappa shape index (κ1) is 17.1. The van der Waals surface area contributed by atoms with Gasteiger partial charge >= 0.3 is 0 Å². The van der Waals surface area contributed by atoms with Crippen LogP contribution < -0.4 is 15.4 Å². The van der Waals surface area contributed by atoms with Crippen molar-refractivity contribution in [1.82, 2.24) is 10.3 Å². The molecule has 0 spiro atoms. The lowest BCUT2D eigenvalue weighted by Crippen LogP contribution is -2.49. The number of ether oxygens (including phenoxy) is 2. The Balaban J connectivity index is 1.27. The topological polar surface area (TPSA) is 75.4 Å². The summed E-state index contributed by atoms with van der Waals surface area (Å²) in [6.07, 6.45) is 6.89. The van der Waals surface area contributed by atoms with Gasteiger partial charge in [0.05, 0.1) is 30.9 Å². The van der Waals surface area contributed by atoms with E-state index in [0.29, 0.717) is 31.2 Å². The van der Waals surface area contributed by atoms with Gasteiger partial charge in [-0.15, -0.1) is 0 Å². The summed E-state index contributed by atoms with van der Waals surface area (Å²) in [7, 11) is 0. The number of nitrogens with one attached hydrogen (secondary N) is 3. The van der Waals surface area contributed by atoms with E-state index in [2.05, 4.69) is 15.6 Å². The lowest BCUT2D eigenvalue weighted by molar-refractivity contribution is -0.151. The van der Waals surface area contributed by atoms with Crippen molar-refractivity contribution in [2.45, 2.75) is 44.7 Å². The van der Waals surface area contributed by atoms with Crippen LogP contribution in [0.1, 0.15) is 32.6 Å². The normalized spacial score (nSPS) is 28.7. The molecule has 4 heterocycles. The van der Waals surface area contributed by atoms with E-state index < -0.39 is 5.41 Å². The van der Waals surface area contributed by atoms with Crippen LogP contribution >= 0.6 is 0 Å². The van der Waals surface area contributed by atoms with Crippen molar-refractivity contribution in [1.29, 1.82) is 0 Å². The summed E-state index contributed by atoms with van der Waals surface area (Å²) in [5, 5.41) is 7.71. The average Bonchev–Trinajstić information content (AvgIpc) is 3.20. The van der Waals surface area contributed by atoms with Gasteiger partial charge < -0.3 is 25.1 Å². The predicted molar refractivity (Wildman–Crippen MR) is 104 cm³/mol. The zero-order valence-corrected chi connectivity index (χ0v) is 15.7. The molecule has 5 rings (SSSR count). The molecule has 3 aliphatic rings. The molecule has 144 valence electrons. The third kappa shape index (κ3) is 3.21. The number of rotatable bonds is 5. The Kier molecular flexibility index (Phi) is 4.13. The molecule has 1 amide bonds. The number of carbonyl (C=O) groups excluding carboxylic acids is 1. The number of fused-ring (bicyclic) bond motifs is 3. The van der Waals surface area contributed by atoms with E-state index in [9.17, 15) is 4.79 Å². The Morgan fingerprint density at radius 1 is 1.30 bits per heavy atom. The SMILES string of the molecule is CC1(C(=O)Nc2c[nH]c3ccc(OCC4C[C@H]5CC[C@@H](C4)N5)cc23)COC1. The smallest absolute Gasteiger partial charge is 0.235 e. The largest absolute Gasteiger partial charge is 0.493 e. The Morgan fingerprint density at radius 2 is 2.07 bits per heavy atom. The van der Waals surface area contributed by atoms with Gasteiger partial charge in [-0.05, 0) is 56.7 Å². The fourth-order valence-corrected chi connectivity index (χ4v) is 4.63. The molecule has 1 aromatic carbocycles. The van der Waals surface area contributed by atoms with Crippen LogP contribution in [0.2, 0.25) is 0 Å². The number of benzene rings is 1. The Labute approximate surface area is 159 Å². The second kappa shape index (κ2) is 6.53. The minimum Gasteiger partial charge on any atom is -0.493 e. The first-order chi connectivity index (χ1) is 13.1. The lowest BCUT2D eigenvalue weighted by atomic mass is 9.87. The van der Waals surface area contributed by atoms with Crippen molar-refractivity contribution < 1.29 is 14.3 Å². The summed E-state index contributed by atoms with van der Waals surface area (Å²) in [5.74, 6) is 1.50. The van der Waals surface area contributed by atoms with Crippen LogP contribution in [-0.4, -0.2) is 42.8 Å². The van der Waals surface area contributed by atoms with Crippen molar-refractivity contribution in [2.24, 2.45) is 11.3 Å². The standard InChI is InChI=1S/C21H27N3O3/c1-21(11-26-12-21)20(25)24-19-9-22-18-5-4-16(8-17(18)19)27-10-13-6-14-2-3-15(7-13)23-14/h4-5,8-9,13-15,22-23H,2-3,6-7,10-12H2,1H3,(H,24,25)/t13?,14-,15+. The molecule has 3 atom stereocenters. The van der Waals surface area contributed by atoms with Crippen LogP contribution in [0.4, 0.5) is 5.69 Å². The number of H-pyrrole nitrogens is 1. The highest BCUT2D eigenvalue weighted by molar-refractivity contribution is 6.04. The highest BCUT2D eigenvalue weighted by atomic mass is 16.5. The van der Waals surface area contributed by atoms with Crippen molar-refractivity contribution in [3.8, 4) is 5.75 Å². The highest BCUT2D eigenvalue weighted by Crippen LogP contribution is 2.33. The minimum atomic E-state index is -0.425. The number of hydrogen-bond acceptors (Lipinski definition) is 4. The molecule has 0 saturated carbocycles. The zero-order chi connectivity index (χ0) is 18.4. The van der Waals surface area contributed by atoms with Gasteiger partial charge in [0.2, 0.25) is 5.91 Å². The van der Waals surface area contributed by atoms with Gasteiger partial charge in [0.25, 0.3) is 0 Å². The zero-order valence-electron chi connectivity index (χ0n) is 15.7. The molecule has 0 aliphatic carbocycles. The molecular weight excluding hydrogens is 342 g/mol. The monoisotopic (exact) mass is 369 g/mol. The van der Waals surface area contributed by atoms with Gasteiger partial charge in [-0.2, -0.15) is 0 Å². The van der Waals surface area contributed by atoms with Gasteiger partial charge in [-0.25, -0.2) is 0 Å². The molecule has 27 heavy (non-hydrogen) atoms. The fourth-order valence-electron chi connectivity index (χ4n) is 4.63. The van der Waals surface area contributed by atoms with E-state index in [0.717, 1.165) is 28.9 Å². The van der Waals surface area contributed by atoms with E-state index >= 15 is 0 Å². The van der Waals surface area contributed by atoms with Gasteiger partial charge in [0.15, 0.2) is 0 Å². The van der Waals surface area contributed by atoms with Crippen molar-refractivity contribution in [3.63, 3.8) is 0 Å². The predicted octanol–water partition coefficient (Wildman–Crippen LogP) is 3.05. The number of hydrogen-bond donors (Lipinski definition) is 3. The van der Waals surface area contributed by atoms with Crippen molar-refractivity contribution >= 4 is 22.5 Å². The summed E-state index contributed by atoms with van der Waals surface area (Å²) in [5.41, 5.74) is 1.37. The van der Waals surface area contributed by atoms with Gasteiger partial charge in [0, 0.05) is 29.2 Å². The second-order valence-electron chi connectivity index (χ2n) is 8.70. The number of carbonyl (C=O) groups is 1. The number of piperidine rings is 1. The van der Waals surface area contributed by atoms with Crippen LogP contribution in [0.25, 0.3) is 10.9 Å². The van der Waals surface area contributed by atoms with Crippen LogP contribution in [-0.2, 0) is 9.53 Å². The molecule has 3 N–H and O–H groups in total. The van der Waals surface area contributed by atoms with E-state index in [1.165, 1.54) is 25.7 Å². The Morgan fingerprint density at radius 3 is 2.78 bits per heavy atom. The molecule has 1 unspecified atom stereocenters. The first-order valence-corrected chi connectivity index (χ1v) is 9.98. The fraction of sp³-hybridized carbons (Fsp3) is 0.571. The molecule has 2 aromatic rings. The summed E-state index contributed by atoms with van der Waals surface area (Å²) < 4.78 is 11.3. The van der Waals surface area contributed by atoms with Gasteiger partial charge in [-0.3, -0.25) is 4.79 Å². The van der Waals surface area contributed by atoms with Crippen LogP contribution in [0.15, 0.2) is 24.4 Å². The number of anilines is 1. The number of amides is 1. The van der Waals surface area contributed by atoms with Crippen LogP contribution in [0.3, 0.4) is 0 Å². The summed E-state index contributed by atoms with van der Waals surface area (Å²) >= 11 is 0. The maximum absolute atomic E-state index is 12.5. The third-order valence-corrected chi connectivity index (χ3v) is 6.35. The van der Waals surface area contributed by atoms with E-state index in [1.54, 1.807) is 0 Å². The molecule has 2 bridgehead atoms. The Bertz CT molecular complexity index is 845. The minimum absolute atomic E-state index is 0.00570. The highest BCUT2D eigenvalue weighted by Gasteiger charge is 2.41. The quantitative estimate of drug-likeness (QED) is 0.757. The molecule has 6 heteroatoms. The third-order valence-electron chi connectivity index (χ3n) is 6.35. The van der Waals surface area contributed by atoms with Crippen LogP contribution in [0.5, 0.6) is 5.75 Å². The average molecular weight is 369 g/mol. The molecule has 0 radical (unpaired) electrons. The van der Waals surface area contributed by atoms with Crippen molar-refractivity contribution in [2.75, 3.05) is 25.1 Å². The lowest BCUT2D eigenvalue weighted by Gasteiger charge is -2.36. The number of aromatic amines is 1. The molecule has 6 nitrogen and oxygen atoms in total. The van der Waals surface area contributed by atoms with Gasteiger partial charge in [-0.1, -0.05) is 0 Å². The Hall–Kier alpha value is -2.05. The van der Waals surface area contributed by atoms with Gasteiger partial charge in [0.1, 0.15) is 5.75 Å². The summed E-state index contributed by atoms with van der Waals surface area (Å²) in [6, 6.07) is 7.41. The summed E-state index contributed by atoms with van der Waals surface area (Å²) in [6.45, 7) is 3.66. The van der Waals surface area contributed by atoms with E-state index in [-0.39, 0.29) is 5.91 Å². The molecular formula is C21H27N3O3. The molecule has 3 aliphatic heterocycles. The van der Waals surface area contributed by atoms with Crippen LogP contribution in [0, 0.1) is 11.3 Å². The maximum atomic E-state index is 12.5. The molecule has 1 aromatic heterocycles. The van der Waals surface area contributed by atoms with E-state index in [1.807, 2.05) is 31.3 Å². The maximum Gasteiger partial charge on any atom is 0.235 e. The second-order valence-corrected chi connectivity index (χ2v) is 8.70. The number of aromatic nitrogens is 1.